The number of rotatable bonds is 5. The lowest BCUT2D eigenvalue weighted by Gasteiger charge is -2.16. The fourth-order valence-corrected chi connectivity index (χ4v) is 2.34. The van der Waals surface area contributed by atoms with Gasteiger partial charge in [-0.15, -0.1) is 0 Å². The highest BCUT2D eigenvalue weighted by Gasteiger charge is 2.15. The third kappa shape index (κ3) is 4.36. The summed E-state index contributed by atoms with van der Waals surface area (Å²) in [6.07, 6.45) is 0.654. The molecule has 2 nitrogen and oxygen atoms in total. The zero-order valence-corrected chi connectivity index (χ0v) is 12.7. The minimum absolute atomic E-state index is 0.105. The molecule has 0 saturated heterocycles. The summed E-state index contributed by atoms with van der Waals surface area (Å²) >= 11 is 3.35. The van der Waals surface area contributed by atoms with Crippen LogP contribution in [0, 0.1) is 11.6 Å². The molecule has 0 saturated carbocycles. The van der Waals surface area contributed by atoms with Crippen LogP contribution in [0.25, 0.3) is 0 Å². The van der Waals surface area contributed by atoms with Crippen LogP contribution < -0.4 is 5.32 Å². The van der Waals surface area contributed by atoms with E-state index in [0.717, 1.165) is 17.7 Å². The summed E-state index contributed by atoms with van der Waals surface area (Å²) in [5, 5.41) is 3.37. The first-order valence-corrected chi connectivity index (χ1v) is 7.58. The smallest absolute Gasteiger partial charge is 0.251 e. The predicted molar refractivity (Wildman–Crippen MR) is 81.6 cm³/mol. The average Bonchev–Trinajstić information content (AvgIpc) is 2.50. The Bertz CT molecular complexity index is 619. The second-order valence-electron chi connectivity index (χ2n) is 4.64. The Morgan fingerprint density at radius 2 is 1.81 bits per heavy atom. The van der Waals surface area contributed by atoms with Crippen molar-refractivity contribution in [2.24, 2.45) is 0 Å². The van der Waals surface area contributed by atoms with Crippen molar-refractivity contribution in [3.05, 3.63) is 71.3 Å². The second kappa shape index (κ2) is 7.31. The van der Waals surface area contributed by atoms with Crippen molar-refractivity contribution in [1.82, 2.24) is 5.32 Å². The second-order valence-corrected chi connectivity index (χ2v) is 5.29. The molecule has 1 atom stereocenters. The topological polar surface area (TPSA) is 29.1 Å². The van der Waals surface area contributed by atoms with Crippen molar-refractivity contribution in [2.75, 3.05) is 5.33 Å². The molecule has 1 N–H and O–H groups in total. The van der Waals surface area contributed by atoms with Gasteiger partial charge in [-0.05, 0) is 30.2 Å². The molecule has 1 unspecified atom stereocenters. The van der Waals surface area contributed by atoms with Gasteiger partial charge < -0.3 is 5.32 Å². The van der Waals surface area contributed by atoms with Crippen LogP contribution in [0.15, 0.2) is 48.5 Å². The molecule has 0 heterocycles. The van der Waals surface area contributed by atoms with Crippen LogP contribution in [0.3, 0.4) is 0 Å². The molecule has 0 aliphatic heterocycles. The first-order valence-electron chi connectivity index (χ1n) is 6.46. The van der Waals surface area contributed by atoms with Gasteiger partial charge in [0.25, 0.3) is 5.91 Å². The molecule has 1 amide bonds. The highest BCUT2D eigenvalue weighted by atomic mass is 79.9. The summed E-state index contributed by atoms with van der Waals surface area (Å²) in [6, 6.07) is 12.7. The number of benzene rings is 2. The quantitative estimate of drug-likeness (QED) is 0.815. The van der Waals surface area contributed by atoms with Gasteiger partial charge in [0.05, 0.1) is 0 Å². The number of hydrogen-bond donors (Lipinski definition) is 1. The average molecular weight is 354 g/mol. The minimum atomic E-state index is -1.03. The molecule has 0 aliphatic rings. The Morgan fingerprint density at radius 3 is 2.43 bits per heavy atom. The van der Waals surface area contributed by atoms with Crippen LogP contribution in [0.1, 0.15) is 15.9 Å². The monoisotopic (exact) mass is 353 g/mol. The molecule has 5 heteroatoms. The molecule has 2 aromatic carbocycles. The first kappa shape index (κ1) is 15.6. The molecular formula is C16H14BrF2NO. The Hall–Kier alpha value is -1.75. The Balaban J connectivity index is 2.04. The molecule has 21 heavy (non-hydrogen) atoms. The Labute approximate surface area is 130 Å². The Morgan fingerprint density at radius 1 is 1.10 bits per heavy atom. The van der Waals surface area contributed by atoms with Gasteiger partial charge >= 0.3 is 0 Å². The molecule has 0 spiro atoms. The largest absolute Gasteiger partial charge is 0.348 e. The summed E-state index contributed by atoms with van der Waals surface area (Å²) < 4.78 is 26.0. The summed E-state index contributed by atoms with van der Waals surface area (Å²) in [5.74, 6) is -2.41. The predicted octanol–water partition coefficient (Wildman–Crippen LogP) is 3.70. The lowest BCUT2D eigenvalue weighted by atomic mass is 10.1. The fraction of sp³-hybridized carbons (Fsp3) is 0.188. The molecule has 0 aliphatic carbocycles. The number of carbonyl (C=O) groups is 1. The molecule has 0 aromatic heterocycles. The number of nitrogens with one attached hydrogen (secondary N) is 1. The number of hydrogen-bond acceptors (Lipinski definition) is 1. The van der Waals surface area contributed by atoms with Gasteiger partial charge in [0.1, 0.15) is 0 Å². The van der Waals surface area contributed by atoms with Crippen molar-refractivity contribution >= 4 is 21.8 Å². The lowest BCUT2D eigenvalue weighted by Crippen LogP contribution is -2.37. The molecule has 110 valence electrons. The molecule has 0 radical (unpaired) electrons. The molecular weight excluding hydrogens is 340 g/mol. The number of carbonyl (C=O) groups excluding carboxylic acids is 1. The normalized spacial score (nSPS) is 12.0. The van der Waals surface area contributed by atoms with Gasteiger partial charge in [0.15, 0.2) is 11.6 Å². The van der Waals surface area contributed by atoms with E-state index in [1.807, 2.05) is 30.3 Å². The number of alkyl halides is 1. The van der Waals surface area contributed by atoms with Gasteiger partial charge in [0, 0.05) is 16.9 Å². The molecule has 2 rings (SSSR count). The van der Waals surface area contributed by atoms with E-state index in [2.05, 4.69) is 21.2 Å². The minimum Gasteiger partial charge on any atom is -0.348 e. The van der Waals surface area contributed by atoms with E-state index in [-0.39, 0.29) is 11.6 Å². The van der Waals surface area contributed by atoms with E-state index in [0.29, 0.717) is 11.8 Å². The first-order chi connectivity index (χ1) is 10.1. The van der Waals surface area contributed by atoms with Crippen molar-refractivity contribution in [2.45, 2.75) is 12.5 Å². The lowest BCUT2D eigenvalue weighted by molar-refractivity contribution is 0.0940. The number of amides is 1. The van der Waals surface area contributed by atoms with Crippen molar-refractivity contribution in [3.8, 4) is 0 Å². The Kier molecular flexibility index (Phi) is 5.44. The van der Waals surface area contributed by atoms with E-state index in [1.54, 1.807) is 0 Å². The van der Waals surface area contributed by atoms with Gasteiger partial charge in [-0.3, -0.25) is 4.79 Å². The summed E-state index contributed by atoms with van der Waals surface area (Å²) in [4.78, 5) is 12.0. The van der Waals surface area contributed by atoms with E-state index in [1.165, 1.54) is 6.07 Å². The number of halogens is 3. The zero-order valence-electron chi connectivity index (χ0n) is 11.2. The highest BCUT2D eigenvalue weighted by molar-refractivity contribution is 9.09. The van der Waals surface area contributed by atoms with Crippen LogP contribution in [0.5, 0.6) is 0 Å². The van der Waals surface area contributed by atoms with Crippen molar-refractivity contribution in [1.29, 1.82) is 0 Å². The summed E-state index contributed by atoms with van der Waals surface area (Å²) in [7, 11) is 0. The third-order valence-corrected chi connectivity index (χ3v) is 3.81. The summed E-state index contributed by atoms with van der Waals surface area (Å²) in [6.45, 7) is 0. The molecule has 0 fully saturated rings. The summed E-state index contributed by atoms with van der Waals surface area (Å²) in [5.41, 5.74) is 1.19. The van der Waals surface area contributed by atoms with Crippen molar-refractivity contribution in [3.63, 3.8) is 0 Å². The highest BCUT2D eigenvalue weighted by Crippen LogP contribution is 2.10. The maximum Gasteiger partial charge on any atom is 0.251 e. The zero-order chi connectivity index (χ0) is 15.2. The fourth-order valence-electron chi connectivity index (χ4n) is 1.95. The maximum atomic E-state index is 13.1. The van der Waals surface area contributed by atoms with Crippen LogP contribution in [-0.4, -0.2) is 17.3 Å². The van der Waals surface area contributed by atoms with Gasteiger partial charge in [-0.2, -0.15) is 0 Å². The van der Waals surface area contributed by atoms with Crippen molar-refractivity contribution < 1.29 is 13.6 Å². The van der Waals surface area contributed by atoms with Gasteiger partial charge in [0.2, 0.25) is 0 Å². The molecule has 2 aromatic rings. The SMILES string of the molecule is O=C(NC(CBr)Cc1ccccc1)c1ccc(F)c(F)c1. The third-order valence-electron chi connectivity index (χ3n) is 3.03. The standard InChI is InChI=1S/C16H14BrF2NO/c17-10-13(8-11-4-2-1-3-5-11)20-16(21)12-6-7-14(18)15(19)9-12/h1-7,9,13H,8,10H2,(H,20,21). The van der Waals surface area contributed by atoms with E-state index in [4.69, 9.17) is 0 Å². The van der Waals surface area contributed by atoms with Crippen LogP contribution in [0.4, 0.5) is 8.78 Å². The van der Waals surface area contributed by atoms with E-state index in [9.17, 15) is 13.6 Å². The van der Waals surface area contributed by atoms with Gasteiger partial charge in [-0.25, -0.2) is 8.78 Å². The molecule has 0 bridgehead atoms. The maximum absolute atomic E-state index is 13.1. The van der Waals surface area contributed by atoms with Crippen LogP contribution in [-0.2, 0) is 6.42 Å². The van der Waals surface area contributed by atoms with E-state index < -0.39 is 17.5 Å². The van der Waals surface area contributed by atoms with E-state index >= 15 is 0 Å². The van der Waals surface area contributed by atoms with Crippen LogP contribution in [0.2, 0.25) is 0 Å². The van der Waals surface area contributed by atoms with Crippen LogP contribution >= 0.6 is 15.9 Å². The van der Waals surface area contributed by atoms with Gasteiger partial charge in [-0.1, -0.05) is 46.3 Å².